The molecule has 1 heterocycles. The van der Waals surface area contributed by atoms with E-state index in [1.54, 1.807) is 0 Å². The van der Waals surface area contributed by atoms with Crippen molar-refractivity contribution in [2.24, 2.45) is 0 Å². The highest BCUT2D eigenvalue weighted by molar-refractivity contribution is 6.31. The fourth-order valence-corrected chi connectivity index (χ4v) is 2.24. The zero-order valence-corrected chi connectivity index (χ0v) is 10.2. The van der Waals surface area contributed by atoms with E-state index in [9.17, 15) is 9.18 Å². The number of quaternary nitrogens is 1. The Bertz CT molecular complexity index is 419. The summed E-state index contributed by atoms with van der Waals surface area (Å²) in [4.78, 5) is 13.0. The summed E-state index contributed by atoms with van der Waals surface area (Å²) < 4.78 is 12.9. The fourth-order valence-electron chi connectivity index (χ4n) is 2.06. The normalized spacial score (nSPS) is 16.1. The van der Waals surface area contributed by atoms with Crippen LogP contribution in [0, 0.1) is 5.82 Å². The van der Waals surface area contributed by atoms with Crippen molar-refractivity contribution >= 4 is 23.2 Å². The van der Waals surface area contributed by atoms with E-state index in [4.69, 9.17) is 11.6 Å². The van der Waals surface area contributed by atoms with Crippen molar-refractivity contribution in [1.29, 1.82) is 0 Å². The van der Waals surface area contributed by atoms with E-state index in [2.05, 4.69) is 5.32 Å². The molecule has 0 bridgehead atoms. The molecule has 2 rings (SSSR count). The van der Waals surface area contributed by atoms with Gasteiger partial charge in [-0.25, -0.2) is 4.39 Å². The highest BCUT2D eigenvalue weighted by atomic mass is 35.5. The summed E-state index contributed by atoms with van der Waals surface area (Å²) in [6, 6.07) is 4.19. The van der Waals surface area contributed by atoms with Crippen molar-refractivity contribution in [3.63, 3.8) is 0 Å². The minimum atomic E-state index is -0.477. The lowest BCUT2D eigenvalue weighted by atomic mass is 10.3. The van der Waals surface area contributed by atoms with Crippen LogP contribution >= 0.6 is 11.6 Å². The van der Waals surface area contributed by atoms with Crippen molar-refractivity contribution in [2.75, 3.05) is 25.0 Å². The van der Waals surface area contributed by atoms with Crippen LogP contribution in [0.15, 0.2) is 18.2 Å². The van der Waals surface area contributed by atoms with Crippen LogP contribution in [-0.2, 0) is 4.79 Å². The maximum Gasteiger partial charge on any atom is 0.279 e. The Balaban J connectivity index is 1.90. The first kappa shape index (κ1) is 12.3. The van der Waals surface area contributed by atoms with Gasteiger partial charge in [-0.15, -0.1) is 0 Å². The number of nitrogens with one attached hydrogen (secondary N) is 2. The zero-order valence-electron chi connectivity index (χ0n) is 9.43. The molecule has 3 nitrogen and oxygen atoms in total. The molecule has 1 aromatic rings. The number of anilines is 1. The largest absolute Gasteiger partial charge is 0.327 e. The second-order valence-electron chi connectivity index (χ2n) is 4.31. The molecule has 1 amide bonds. The molecule has 1 aliphatic heterocycles. The van der Waals surface area contributed by atoms with Gasteiger partial charge in [0.25, 0.3) is 5.91 Å². The lowest BCUT2D eigenvalue weighted by Gasteiger charge is -2.11. The summed E-state index contributed by atoms with van der Waals surface area (Å²) in [6.45, 7) is 2.57. The monoisotopic (exact) mass is 257 g/mol. The molecule has 1 aromatic carbocycles. The van der Waals surface area contributed by atoms with Crippen LogP contribution < -0.4 is 10.2 Å². The van der Waals surface area contributed by atoms with E-state index in [0.717, 1.165) is 13.1 Å². The number of hydrogen-bond acceptors (Lipinski definition) is 1. The molecule has 0 spiro atoms. The average Bonchev–Trinajstić information content (AvgIpc) is 2.76. The van der Waals surface area contributed by atoms with E-state index in [1.807, 2.05) is 0 Å². The summed E-state index contributed by atoms with van der Waals surface area (Å²) >= 11 is 5.64. The molecule has 0 unspecified atom stereocenters. The SMILES string of the molecule is O=C(C[NH+]1CCCC1)Nc1ccc(F)c(Cl)c1. The van der Waals surface area contributed by atoms with Crippen LogP contribution in [0.5, 0.6) is 0 Å². The molecule has 0 saturated carbocycles. The van der Waals surface area contributed by atoms with Gasteiger partial charge in [0.15, 0.2) is 6.54 Å². The molecule has 0 atom stereocenters. The van der Waals surface area contributed by atoms with Crippen molar-refractivity contribution in [1.82, 2.24) is 0 Å². The topological polar surface area (TPSA) is 33.5 Å². The smallest absolute Gasteiger partial charge is 0.279 e. The minimum Gasteiger partial charge on any atom is -0.327 e. The Morgan fingerprint density at radius 2 is 2.12 bits per heavy atom. The van der Waals surface area contributed by atoms with E-state index in [0.29, 0.717) is 12.2 Å². The molecule has 1 saturated heterocycles. The van der Waals surface area contributed by atoms with Gasteiger partial charge >= 0.3 is 0 Å². The van der Waals surface area contributed by atoms with Crippen LogP contribution in [0.2, 0.25) is 5.02 Å². The first-order chi connectivity index (χ1) is 8.15. The number of halogens is 2. The highest BCUT2D eigenvalue weighted by Crippen LogP contribution is 2.18. The van der Waals surface area contributed by atoms with Gasteiger partial charge in [0.1, 0.15) is 5.82 Å². The van der Waals surface area contributed by atoms with Crippen LogP contribution in [-0.4, -0.2) is 25.5 Å². The van der Waals surface area contributed by atoms with Crippen LogP contribution in [0.4, 0.5) is 10.1 Å². The van der Waals surface area contributed by atoms with Gasteiger partial charge in [-0.05, 0) is 18.2 Å². The predicted molar refractivity (Wildman–Crippen MR) is 64.8 cm³/mol. The molecule has 5 heteroatoms. The van der Waals surface area contributed by atoms with E-state index in [1.165, 1.54) is 35.9 Å². The Labute approximate surface area is 105 Å². The molecule has 0 radical (unpaired) electrons. The summed E-state index contributed by atoms with van der Waals surface area (Å²) in [7, 11) is 0. The van der Waals surface area contributed by atoms with Gasteiger partial charge in [-0.3, -0.25) is 4.79 Å². The fraction of sp³-hybridized carbons (Fsp3) is 0.417. The van der Waals surface area contributed by atoms with Gasteiger partial charge in [-0.1, -0.05) is 11.6 Å². The third kappa shape index (κ3) is 3.41. The molecule has 1 aliphatic rings. The first-order valence-corrected chi connectivity index (χ1v) is 6.11. The van der Waals surface area contributed by atoms with Crippen molar-refractivity contribution < 1.29 is 14.1 Å². The third-order valence-electron chi connectivity index (χ3n) is 2.92. The van der Waals surface area contributed by atoms with Gasteiger partial charge in [0, 0.05) is 18.5 Å². The summed E-state index contributed by atoms with van der Waals surface area (Å²) in [6.07, 6.45) is 2.37. The molecule has 0 aromatic heterocycles. The number of likely N-dealkylation sites (tertiary alicyclic amines) is 1. The van der Waals surface area contributed by atoms with Crippen molar-refractivity contribution in [2.45, 2.75) is 12.8 Å². The number of hydrogen-bond donors (Lipinski definition) is 2. The standard InChI is InChI=1S/C12H14ClFN2O/c13-10-7-9(3-4-11(10)14)15-12(17)8-16-5-1-2-6-16/h3-4,7H,1-2,5-6,8H2,(H,15,17)/p+1. The Kier molecular flexibility index (Phi) is 3.97. The van der Waals surface area contributed by atoms with Gasteiger partial charge in [0.2, 0.25) is 0 Å². The van der Waals surface area contributed by atoms with E-state index in [-0.39, 0.29) is 10.9 Å². The van der Waals surface area contributed by atoms with Gasteiger partial charge in [-0.2, -0.15) is 0 Å². The lowest BCUT2D eigenvalue weighted by Crippen LogP contribution is -3.11. The van der Waals surface area contributed by atoms with E-state index < -0.39 is 5.82 Å². The molecule has 92 valence electrons. The molecule has 1 fully saturated rings. The average molecular weight is 258 g/mol. The Hall–Kier alpha value is -1.13. The molecule has 17 heavy (non-hydrogen) atoms. The maximum absolute atomic E-state index is 12.9. The minimum absolute atomic E-state index is 0.0244. The quantitative estimate of drug-likeness (QED) is 0.835. The molecular formula is C12H15ClFN2O+. The number of benzene rings is 1. The molecule has 0 aliphatic carbocycles. The maximum atomic E-state index is 12.9. The summed E-state index contributed by atoms with van der Waals surface area (Å²) in [5.41, 5.74) is 0.542. The summed E-state index contributed by atoms with van der Waals surface area (Å²) in [5, 5.41) is 2.75. The number of amides is 1. The zero-order chi connectivity index (χ0) is 12.3. The predicted octanol–water partition coefficient (Wildman–Crippen LogP) is 1.10. The van der Waals surface area contributed by atoms with Crippen molar-refractivity contribution in [3.05, 3.63) is 29.0 Å². The van der Waals surface area contributed by atoms with Crippen LogP contribution in [0.3, 0.4) is 0 Å². The van der Waals surface area contributed by atoms with Crippen LogP contribution in [0.1, 0.15) is 12.8 Å². The Morgan fingerprint density at radius 1 is 1.41 bits per heavy atom. The molecule has 2 N–H and O–H groups in total. The number of rotatable bonds is 3. The second kappa shape index (κ2) is 5.47. The summed E-state index contributed by atoms with van der Waals surface area (Å²) in [5.74, 6) is -0.528. The lowest BCUT2D eigenvalue weighted by molar-refractivity contribution is -0.878. The second-order valence-corrected chi connectivity index (χ2v) is 4.72. The number of carbonyl (C=O) groups excluding carboxylic acids is 1. The third-order valence-corrected chi connectivity index (χ3v) is 3.21. The molecular weight excluding hydrogens is 243 g/mol. The number of carbonyl (C=O) groups is 1. The van der Waals surface area contributed by atoms with Crippen molar-refractivity contribution in [3.8, 4) is 0 Å². The van der Waals surface area contributed by atoms with Gasteiger partial charge < -0.3 is 10.2 Å². The highest BCUT2D eigenvalue weighted by Gasteiger charge is 2.18. The first-order valence-electron chi connectivity index (χ1n) is 5.73. The van der Waals surface area contributed by atoms with Gasteiger partial charge in [0.05, 0.1) is 18.1 Å². The van der Waals surface area contributed by atoms with E-state index >= 15 is 0 Å². The Morgan fingerprint density at radius 3 is 2.76 bits per heavy atom. The van der Waals surface area contributed by atoms with Crippen LogP contribution in [0.25, 0.3) is 0 Å².